The summed E-state index contributed by atoms with van der Waals surface area (Å²) < 4.78 is 0. The number of nitrogens with one attached hydrogen (secondary N) is 1. The monoisotopic (exact) mass is 212 g/mol. The smallest absolute Gasteiger partial charge is 0.163 e. The van der Waals surface area contributed by atoms with Crippen molar-refractivity contribution < 1.29 is 10.2 Å². The fourth-order valence-electron chi connectivity index (χ4n) is 1.30. The molecule has 2 unspecified atom stereocenters. The minimum Gasteiger partial charge on any atom is -0.389 e. The van der Waals surface area contributed by atoms with Crippen LogP contribution >= 0.6 is 11.8 Å². The Morgan fingerprint density at radius 2 is 2.36 bits per heavy atom. The molecule has 0 spiro atoms. The van der Waals surface area contributed by atoms with E-state index in [1.807, 2.05) is 12.2 Å². The first-order chi connectivity index (χ1) is 6.74. The number of aliphatic hydroxyl groups is 2. The van der Waals surface area contributed by atoms with Crippen LogP contribution in [0.25, 0.3) is 0 Å². The lowest BCUT2D eigenvalue weighted by atomic mass is 10.1. The van der Waals surface area contributed by atoms with Crippen molar-refractivity contribution in [2.24, 2.45) is 4.99 Å². The lowest BCUT2D eigenvalue weighted by Gasteiger charge is -2.12. The summed E-state index contributed by atoms with van der Waals surface area (Å²) in [6.07, 6.45) is 5.20. The van der Waals surface area contributed by atoms with Crippen LogP contribution in [0, 0.1) is 0 Å². The molecule has 1 heterocycles. The van der Waals surface area contributed by atoms with Gasteiger partial charge in [0.15, 0.2) is 11.4 Å². The fourth-order valence-corrected chi connectivity index (χ4v) is 2.07. The predicted octanol–water partition coefficient (Wildman–Crippen LogP) is 0.202. The van der Waals surface area contributed by atoms with Crippen LogP contribution in [0.15, 0.2) is 28.9 Å². The summed E-state index contributed by atoms with van der Waals surface area (Å²) in [7, 11) is 0. The van der Waals surface area contributed by atoms with E-state index in [-0.39, 0.29) is 0 Å². The van der Waals surface area contributed by atoms with Gasteiger partial charge in [0.25, 0.3) is 0 Å². The maximum absolute atomic E-state index is 9.34. The minimum atomic E-state index is -0.597. The number of nitrogens with zero attached hydrogens (tertiary/aromatic N) is 1. The van der Waals surface area contributed by atoms with Crippen LogP contribution in [0.1, 0.15) is 6.42 Å². The standard InChI is InChI=1S/C9H12N2O2S/c12-7-3-1-2-6(4-7)10-9-11-8(13)5-14-9/h1-2,4,7-8,12-13H,3,5H2,(H,10,11). The molecule has 5 heteroatoms. The molecule has 0 aromatic rings. The molecule has 0 fully saturated rings. The van der Waals surface area contributed by atoms with Crippen LogP contribution in [-0.2, 0) is 0 Å². The highest BCUT2D eigenvalue weighted by molar-refractivity contribution is 8.14. The summed E-state index contributed by atoms with van der Waals surface area (Å²) in [5, 5.41) is 22.2. The molecule has 0 bridgehead atoms. The molecule has 0 amide bonds. The van der Waals surface area contributed by atoms with Crippen LogP contribution in [0.5, 0.6) is 0 Å². The highest BCUT2D eigenvalue weighted by Gasteiger charge is 2.16. The Morgan fingerprint density at radius 3 is 3.00 bits per heavy atom. The van der Waals surface area contributed by atoms with Crippen molar-refractivity contribution in [1.29, 1.82) is 0 Å². The maximum atomic E-state index is 9.34. The van der Waals surface area contributed by atoms with E-state index < -0.39 is 12.3 Å². The van der Waals surface area contributed by atoms with Gasteiger partial charge >= 0.3 is 0 Å². The number of hydrogen-bond acceptors (Lipinski definition) is 5. The van der Waals surface area contributed by atoms with E-state index in [1.54, 1.807) is 6.08 Å². The molecule has 14 heavy (non-hydrogen) atoms. The third kappa shape index (κ3) is 2.37. The molecule has 2 rings (SSSR count). The normalized spacial score (nSPS) is 31.3. The first kappa shape index (κ1) is 9.76. The van der Waals surface area contributed by atoms with E-state index in [4.69, 9.17) is 5.11 Å². The minimum absolute atomic E-state index is 0.417. The van der Waals surface area contributed by atoms with E-state index in [1.165, 1.54) is 11.8 Å². The van der Waals surface area contributed by atoms with Gasteiger partial charge in [0.2, 0.25) is 0 Å². The average molecular weight is 212 g/mol. The van der Waals surface area contributed by atoms with Gasteiger partial charge in [-0.1, -0.05) is 17.8 Å². The second kappa shape index (κ2) is 4.16. The summed E-state index contributed by atoms with van der Waals surface area (Å²) in [4.78, 5) is 3.98. The Balaban J connectivity index is 1.97. The van der Waals surface area contributed by atoms with Crippen LogP contribution in [0.2, 0.25) is 0 Å². The van der Waals surface area contributed by atoms with Gasteiger partial charge in [0.05, 0.1) is 6.10 Å². The van der Waals surface area contributed by atoms with Gasteiger partial charge in [0, 0.05) is 11.4 Å². The Bertz CT molecular complexity index is 312. The van der Waals surface area contributed by atoms with Crippen LogP contribution in [0.4, 0.5) is 0 Å². The van der Waals surface area contributed by atoms with Crippen molar-refractivity contribution >= 4 is 16.9 Å². The van der Waals surface area contributed by atoms with Crippen molar-refractivity contribution in [3.63, 3.8) is 0 Å². The van der Waals surface area contributed by atoms with Gasteiger partial charge in [-0.3, -0.25) is 0 Å². The summed E-state index contributed by atoms with van der Waals surface area (Å²) in [6.45, 7) is 0. The van der Waals surface area contributed by atoms with Gasteiger partial charge < -0.3 is 15.5 Å². The number of allylic oxidation sites excluding steroid dienone is 1. The topological polar surface area (TPSA) is 64.8 Å². The Morgan fingerprint density at radius 1 is 1.50 bits per heavy atom. The SMILES string of the molecule is OC1C=C(NC2=NC(O)CS2)C=CC1. The van der Waals surface area contributed by atoms with E-state index >= 15 is 0 Å². The summed E-state index contributed by atoms with van der Waals surface area (Å²) in [5.74, 6) is 0.599. The molecule has 2 aliphatic rings. The lowest BCUT2D eigenvalue weighted by Crippen LogP contribution is -2.20. The van der Waals surface area contributed by atoms with Crippen molar-refractivity contribution in [3.05, 3.63) is 23.9 Å². The van der Waals surface area contributed by atoms with Crippen LogP contribution in [-0.4, -0.2) is 33.5 Å². The van der Waals surface area contributed by atoms with Gasteiger partial charge in [-0.25, -0.2) is 4.99 Å². The molecule has 0 aromatic heterocycles. The average Bonchev–Trinajstić information content (AvgIpc) is 2.51. The number of aliphatic imine (C=N–C) groups is 1. The molecule has 0 aromatic carbocycles. The second-order valence-electron chi connectivity index (χ2n) is 3.18. The second-order valence-corrected chi connectivity index (χ2v) is 4.19. The molecule has 1 aliphatic carbocycles. The first-order valence-corrected chi connectivity index (χ1v) is 5.45. The summed E-state index contributed by atoms with van der Waals surface area (Å²) in [6, 6.07) is 0. The highest BCUT2D eigenvalue weighted by Crippen LogP contribution is 2.16. The molecule has 0 saturated carbocycles. The molecular formula is C9H12N2O2S. The zero-order valence-electron chi connectivity index (χ0n) is 7.55. The molecule has 4 nitrogen and oxygen atoms in total. The number of amidine groups is 1. The zero-order chi connectivity index (χ0) is 9.97. The number of rotatable bonds is 1. The third-order valence-electron chi connectivity index (χ3n) is 1.93. The molecular weight excluding hydrogens is 200 g/mol. The molecule has 76 valence electrons. The lowest BCUT2D eigenvalue weighted by molar-refractivity contribution is 0.213. The van der Waals surface area contributed by atoms with E-state index in [9.17, 15) is 5.11 Å². The van der Waals surface area contributed by atoms with Gasteiger partial charge in [-0.2, -0.15) is 0 Å². The molecule has 2 atom stereocenters. The van der Waals surface area contributed by atoms with E-state index in [0.29, 0.717) is 17.3 Å². The van der Waals surface area contributed by atoms with Gasteiger partial charge in [-0.15, -0.1) is 0 Å². The number of aliphatic hydroxyl groups excluding tert-OH is 2. The summed E-state index contributed by atoms with van der Waals surface area (Å²) >= 11 is 1.48. The Kier molecular flexibility index (Phi) is 2.90. The van der Waals surface area contributed by atoms with Crippen molar-refractivity contribution in [1.82, 2.24) is 5.32 Å². The molecule has 1 aliphatic heterocycles. The Labute approximate surface area is 86.4 Å². The molecule has 0 radical (unpaired) electrons. The van der Waals surface area contributed by atoms with Gasteiger partial charge in [0.1, 0.15) is 0 Å². The quantitative estimate of drug-likeness (QED) is 0.581. The van der Waals surface area contributed by atoms with Crippen molar-refractivity contribution in [2.75, 3.05) is 5.75 Å². The summed E-state index contributed by atoms with van der Waals surface area (Å²) in [5.41, 5.74) is 0.837. The van der Waals surface area contributed by atoms with Gasteiger partial charge in [-0.05, 0) is 18.6 Å². The predicted molar refractivity (Wildman–Crippen MR) is 56.9 cm³/mol. The largest absolute Gasteiger partial charge is 0.389 e. The van der Waals surface area contributed by atoms with E-state index in [0.717, 1.165) is 5.70 Å². The first-order valence-electron chi connectivity index (χ1n) is 4.46. The fraction of sp³-hybridized carbons (Fsp3) is 0.444. The van der Waals surface area contributed by atoms with Crippen molar-refractivity contribution in [3.8, 4) is 0 Å². The number of hydrogen-bond donors (Lipinski definition) is 3. The van der Waals surface area contributed by atoms with Crippen molar-refractivity contribution in [2.45, 2.75) is 18.8 Å². The third-order valence-corrected chi connectivity index (χ3v) is 2.88. The Hall–Kier alpha value is -0.780. The molecule has 0 saturated heterocycles. The highest BCUT2D eigenvalue weighted by atomic mass is 32.2. The zero-order valence-corrected chi connectivity index (χ0v) is 8.37. The van der Waals surface area contributed by atoms with E-state index in [2.05, 4.69) is 10.3 Å². The molecule has 3 N–H and O–H groups in total. The van der Waals surface area contributed by atoms with Crippen LogP contribution in [0.3, 0.4) is 0 Å². The van der Waals surface area contributed by atoms with Crippen LogP contribution < -0.4 is 5.32 Å². The maximum Gasteiger partial charge on any atom is 0.163 e. The number of thioether (sulfide) groups is 1.